The van der Waals surface area contributed by atoms with Crippen molar-refractivity contribution in [1.82, 2.24) is 4.98 Å². The fourth-order valence-electron chi connectivity index (χ4n) is 2.73. The van der Waals surface area contributed by atoms with Gasteiger partial charge in [0.15, 0.2) is 11.5 Å². The highest BCUT2D eigenvalue weighted by Gasteiger charge is 2.16. The smallest absolute Gasteiger partial charge is 0.335 e. The van der Waals surface area contributed by atoms with E-state index in [0.717, 1.165) is 27.8 Å². The summed E-state index contributed by atoms with van der Waals surface area (Å²) in [6.07, 6.45) is 1.63. The van der Waals surface area contributed by atoms with Crippen molar-refractivity contribution >= 4 is 28.8 Å². The molecule has 0 radical (unpaired) electrons. The third-order valence-electron chi connectivity index (χ3n) is 3.99. The van der Waals surface area contributed by atoms with Gasteiger partial charge in [0.1, 0.15) is 0 Å². The molecular formula is C19H15N3O4. The monoisotopic (exact) mass is 349 g/mol. The molecule has 1 aromatic heterocycles. The number of ether oxygens (including phenoxy) is 2. The molecule has 0 aliphatic carbocycles. The minimum atomic E-state index is -0.955. The fourth-order valence-corrected chi connectivity index (χ4v) is 2.73. The van der Waals surface area contributed by atoms with Crippen LogP contribution in [0, 0.1) is 6.92 Å². The molecule has 0 spiro atoms. The third kappa shape index (κ3) is 3.02. The lowest BCUT2D eigenvalue weighted by atomic mass is 10.1. The van der Waals surface area contributed by atoms with Crippen LogP contribution < -0.4 is 14.9 Å². The second kappa shape index (κ2) is 6.36. The minimum absolute atomic E-state index is 0.206. The van der Waals surface area contributed by atoms with Gasteiger partial charge in [-0.1, -0.05) is 12.1 Å². The summed E-state index contributed by atoms with van der Waals surface area (Å²) in [7, 11) is 0. The van der Waals surface area contributed by atoms with E-state index in [-0.39, 0.29) is 12.4 Å². The Morgan fingerprint density at radius 3 is 2.65 bits per heavy atom. The number of hydrazone groups is 1. The fraction of sp³-hybridized carbons (Fsp3) is 0.105. The maximum Gasteiger partial charge on any atom is 0.335 e. The third-order valence-corrected chi connectivity index (χ3v) is 3.99. The number of anilines is 1. The molecule has 2 aromatic carbocycles. The predicted octanol–water partition coefficient (Wildman–Crippen LogP) is 3.42. The van der Waals surface area contributed by atoms with E-state index in [0.29, 0.717) is 11.5 Å². The number of carboxylic acids is 1. The maximum absolute atomic E-state index is 10.9. The number of nitrogens with zero attached hydrogens (tertiary/aromatic N) is 2. The maximum atomic E-state index is 10.9. The minimum Gasteiger partial charge on any atom is -0.478 e. The Morgan fingerprint density at radius 1 is 1.19 bits per heavy atom. The first-order chi connectivity index (χ1) is 12.6. The van der Waals surface area contributed by atoms with Crippen LogP contribution >= 0.6 is 0 Å². The average Bonchev–Trinajstić information content (AvgIpc) is 3.07. The van der Waals surface area contributed by atoms with Gasteiger partial charge < -0.3 is 14.6 Å². The summed E-state index contributed by atoms with van der Waals surface area (Å²) in [6.45, 7) is 2.11. The summed E-state index contributed by atoms with van der Waals surface area (Å²) in [4.78, 5) is 15.4. The number of fused-ring (bicyclic) bond motifs is 2. The Balaban J connectivity index is 1.61. The zero-order chi connectivity index (χ0) is 18.1. The Hall–Kier alpha value is -3.61. The van der Waals surface area contributed by atoms with E-state index < -0.39 is 5.97 Å². The molecular weight excluding hydrogens is 334 g/mol. The molecule has 3 aromatic rings. The van der Waals surface area contributed by atoms with Crippen LogP contribution in [-0.4, -0.2) is 29.1 Å². The van der Waals surface area contributed by atoms with Gasteiger partial charge in [-0.3, -0.25) is 10.4 Å². The molecule has 26 heavy (non-hydrogen) atoms. The van der Waals surface area contributed by atoms with E-state index >= 15 is 0 Å². The van der Waals surface area contributed by atoms with Crippen LogP contribution in [0.1, 0.15) is 21.6 Å². The van der Waals surface area contributed by atoms with E-state index in [2.05, 4.69) is 15.5 Å². The Bertz CT molecular complexity index is 1030. The van der Waals surface area contributed by atoms with Crippen molar-refractivity contribution in [2.24, 2.45) is 5.10 Å². The first-order valence-electron chi connectivity index (χ1n) is 7.93. The van der Waals surface area contributed by atoms with Crippen molar-refractivity contribution in [2.75, 3.05) is 12.2 Å². The Kier molecular flexibility index (Phi) is 3.89. The van der Waals surface area contributed by atoms with E-state index in [4.69, 9.17) is 14.6 Å². The first kappa shape index (κ1) is 15.9. The highest BCUT2D eigenvalue weighted by molar-refractivity contribution is 5.94. The molecule has 4 rings (SSSR count). The number of carbonyl (C=O) groups is 1. The topological polar surface area (TPSA) is 93.0 Å². The Labute approximate surface area is 148 Å². The van der Waals surface area contributed by atoms with Gasteiger partial charge in [-0.05, 0) is 36.8 Å². The molecule has 2 heterocycles. The molecule has 0 unspecified atom stereocenters. The molecule has 2 N–H and O–H groups in total. The molecule has 0 bridgehead atoms. The van der Waals surface area contributed by atoms with E-state index in [1.165, 1.54) is 12.1 Å². The molecule has 7 heteroatoms. The average molecular weight is 349 g/mol. The zero-order valence-electron chi connectivity index (χ0n) is 13.9. The molecule has 0 saturated carbocycles. The lowest BCUT2D eigenvalue weighted by molar-refractivity contribution is 0.0697. The van der Waals surface area contributed by atoms with Crippen molar-refractivity contribution in [1.29, 1.82) is 0 Å². The van der Waals surface area contributed by atoms with Crippen molar-refractivity contribution in [3.63, 3.8) is 0 Å². The number of benzene rings is 2. The van der Waals surface area contributed by atoms with Crippen LogP contribution in [0.5, 0.6) is 11.5 Å². The number of hydrogen-bond acceptors (Lipinski definition) is 6. The zero-order valence-corrected chi connectivity index (χ0v) is 13.9. The SMILES string of the molecule is Cc1cc(N/N=C/c2ccc(C(=O)O)cc2)c2cc3c(cc2n1)OCO3. The summed E-state index contributed by atoms with van der Waals surface area (Å²) >= 11 is 0. The van der Waals surface area contributed by atoms with Gasteiger partial charge in [-0.15, -0.1) is 0 Å². The second-order valence-electron chi connectivity index (χ2n) is 5.83. The number of aryl methyl sites for hydroxylation is 1. The van der Waals surface area contributed by atoms with Crippen molar-refractivity contribution in [2.45, 2.75) is 6.92 Å². The number of rotatable bonds is 4. The van der Waals surface area contributed by atoms with E-state index in [1.807, 2.05) is 25.1 Å². The summed E-state index contributed by atoms with van der Waals surface area (Å²) in [5.74, 6) is 0.409. The number of pyridine rings is 1. The highest BCUT2D eigenvalue weighted by atomic mass is 16.7. The van der Waals surface area contributed by atoms with Crippen LogP contribution in [0.2, 0.25) is 0 Å². The van der Waals surface area contributed by atoms with Gasteiger partial charge in [0, 0.05) is 17.1 Å². The van der Waals surface area contributed by atoms with Gasteiger partial charge >= 0.3 is 5.97 Å². The molecule has 130 valence electrons. The van der Waals surface area contributed by atoms with Crippen molar-refractivity contribution in [3.8, 4) is 11.5 Å². The van der Waals surface area contributed by atoms with Crippen LogP contribution in [-0.2, 0) is 0 Å². The van der Waals surface area contributed by atoms with E-state index in [9.17, 15) is 4.79 Å². The van der Waals surface area contributed by atoms with E-state index in [1.54, 1.807) is 18.3 Å². The Morgan fingerprint density at radius 2 is 1.92 bits per heavy atom. The molecule has 0 fully saturated rings. The van der Waals surface area contributed by atoms with Crippen LogP contribution in [0.4, 0.5) is 5.69 Å². The number of carboxylic acid groups (broad SMARTS) is 1. The lowest BCUT2D eigenvalue weighted by Gasteiger charge is -2.08. The number of hydrogen-bond donors (Lipinski definition) is 2. The summed E-state index contributed by atoms with van der Waals surface area (Å²) < 4.78 is 10.8. The molecule has 1 aliphatic heterocycles. The summed E-state index contributed by atoms with van der Waals surface area (Å²) in [5, 5.41) is 14.0. The largest absolute Gasteiger partial charge is 0.478 e. The molecule has 0 atom stereocenters. The highest BCUT2D eigenvalue weighted by Crippen LogP contribution is 2.38. The summed E-state index contributed by atoms with van der Waals surface area (Å²) in [6, 6.07) is 12.1. The van der Waals surface area contributed by atoms with Gasteiger partial charge in [-0.25, -0.2) is 4.79 Å². The lowest BCUT2D eigenvalue weighted by Crippen LogP contribution is -1.97. The second-order valence-corrected chi connectivity index (χ2v) is 5.83. The summed E-state index contributed by atoms with van der Waals surface area (Å²) in [5.41, 5.74) is 6.48. The van der Waals surface area contributed by atoms with Crippen LogP contribution in [0.15, 0.2) is 47.6 Å². The molecule has 0 amide bonds. The molecule has 0 saturated heterocycles. The normalized spacial score (nSPS) is 12.7. The molecule has 7 nitrogen and oxygen atoms in total. The van der Waals surface area contributed by atoms with Gasteiger partial charge in [0.2, 0.25) is 6.79 Å². The van der Waals surface area contributed by atoms with Crippen LogP contribution in [0.25, 0.3) is 10.9 Å². The first-order valence-corrected chi connectivity index (χ1v) is 7.93. The number of aromatic carboxylic acids is 1. The van der Waals surface area contributed by atoms with Gasteiger partial charge in [0.25, 0.3) is 0 Å². The standard InChI is InChI=1S/C19H15N3O4/c1-11-6-16(14-7-17-18(26-10-25-17)8-15(14)21-11)22-20-9-12-2-4-13(5-3-12)19(23)24/h2-9H,10H2,1H3,(H,21,22)(H,23,24)/b20-9+. The van der Waals surface area contributed by atoms with Crippen molar-refractivity contribution < 1.29 is 19.4 Å². The number of nitrogens with one attached hydrogen (secondary N) is 1. The molecule has 1 aliphatic rings. The van der Waals surface area contributed by atoms with Gasteiger partial charge in [-0.2, -0.15) is 5.10 Å². The van der Waals surface area contributed by atoms with Crippen molar-refractivity contribution in [3.05, 3.63) is 59.3 Å². The predicted molar refractivity (Wildman–Crippen MR) is 97.2 cm³/mol. The quantitative estimate of drug-likeness (QED) is 0.554. The van der Waals surface area contributed by atoms with Gasteiger partial charge in [0.05, 0.1) is 23.0 Å². The van der Waals surface area contributed by atoms with Crippen LogP contribution in [0.3, 0.4) is 0 Å². The number of aromatic nitrogens is 1.